The summed E-state index contributed by atoms with van der Waals surface area (Å²) in [5.41, 5.74) is 1.19. The molecule has 0 spiro atoms. The number of anilines is 1. The molecule has 0 radical (unpaired) electrons. The number of aromatic hydroxyl groups is 1. The minimum Gasteiger partial charge on any atom is -0.504 e. The number of methoxy groups -OCH3 is 2. The first-order valence-corrected chi connectivity index (χ1v) is 13.4. The fourth-order valence-electron chi connectivity index (χ4n) is 4.89. The topological polar surface area (TPSA) is 132 Å². The van der Waals surface area contributed by atoms with E-state index in [-0.39, 0.29) is 34.6 Å². The van der Waals surface area contributed by atoms with Gasteiger partial charge in [0.05, 0.1) is 42.7 Å². The Morgan fingerprint density at radius 1 is 1.05 bits per heavy atom. The fraction of sp³-hybridized carbons (Fsp3) is 0.167. The predicted molar refractivity (Wildman–Crippen MR) is 152 cm³/mol. The molecule has 208 valence electrons. The minimum absolute atomic E-state index is 0.0800. The highest BCUT2D eigenvalue weighted by molar-refractivity contribution is 7.22. The number of fused-ring (bicyclic) bond motifs is 2. The number of furan rings is 1. The van der Waals surface area contributed by atoms with Gasteiger partial charge in [0.25, 0.3) is 5.91 Å². The van der Waals surface area contributed by atoms with E-state index in [9.17, 15) is 19.8 Å². The summed E-state index contributed by atoms with van der Waals surface area (Å²) in [6.45, 7) is 2.04. The number of phenols is 1. The predicted octanol–water partition coefficient (Wildman–Crippen LogP) is 5.95. The summed E-state index contributed by atoms with van der Waals surface area (Å²) < 4.78 is 22.9. The van der Waals surface area contributed by atoms with Crippen LogP contribution in [-0.4, -0.2) is 47.7 Å². The highest BCUT2D eigenvalue weighted by Crippen LogP contribution is 2.46. The van der Waals surface area contributed by atoms with Crippen molar-refractivity contribution in [3.05, 3.63) is 83.3 Å². The second-order valence-electron chi connectivity index (χ2n) is 9.15. The average Bonchev–Trinajstić information content (AvgIpc) is 3.67. The summed E-state index contributed by atoms with van der Waals surface area (Å²) in [6, 6.07) is 15.5. The van der Waals surface area contributed by atoms with Gasteiger partial charge in [-0.25, -0.2) is 4.98 Å². The monoisotopic (exact) mass is 572 g/mol. The van der Waals surface area contributed by atoms with E-state index in [0.717, 1.165) is 4.70 Å². The Morgan fingerprint density at radius 2 is 1.88 bits per heavy atom. The van der Waals surface area contributed by atoms with Gasteiger partial charge in [-0.15, -0.1) is 0 Å². The quantitative estimate of drug-likeness (QED) is 0.217. The van der Waals surface area contributed by atoms with E-state index in [0.29, 0.717) is 33.5 Å². The third kappa shape index (κ3) is 4.30. The number of carbonyl (C=O) groups excluding carboxylic acids is 2. The van der Waals surface area contributed by atoms with E-state index < -0.39 is 23.5 Å². The van der Waals surface area contributed by atoms with Crippen LogP contribution in [0.1, 0.15) is 29.1 Å². The Morgan fingerprint density at radius 3 is 2.63 bits per heavy atom. The lowest BCUT2D eigenvalue weighted by molar-refractivity contribution is -0.117. The molecular formula is C30H24N2O8S. The molecule has 11 heteroatoms. The van der Waals surface area contributed by atoms with E-state index >= 15 is 0 Å². The standard InChI is InChI=1S/C30H24N2O8S/c1-4-39-21-12-15(8-11-19(21)33)25-24(26(34)22-13-16-6-5-7-20(38-3)28(16)40-22)27(35)29(36)32(25)30-31-18-10-9-17(37-2)14-23(18)41-30/h5-14,25,33,35H,4H2,1-3H3. The zero-order valence-corrected chi connectivity index (χ0v) is 23.0. The van der Waals surface area contributed by atoms with Gasteiger partial charge in [0.15, 0.2) is 39.5 Å². The normalized spacial score (nSPS) is 15.2. The summed E-state index contributed by atoms with van der Waals surface area (Å²) in [5, 5.41) is 22.4. The van der Waals surface area contributed by atoms with E-state index in [2.05, 4.69) is 4.98 Å². The largest absolute Gasteiger partial charge is 0.504 e. The molecule has 41 heavy (non-hydrogen) atoms. The number of benzene rings is 3. The Balaban J connectivity index is 1.52. The molecule has 3 aromatic carbocycles. The first-order chi connectivity index (χ1) is 19.8. The molecule has 6 rings (SSSR count). The molecule has 10 nitrogen and oxygen atoms in total. The van der Waals surface area contributed by atoms with Crippen molar-refractivity contribution in [2.45, 2.75) is 13.0 Å². The minimum atomic E-state index is -1.10. The smallest absolute Gasteiger partial charge is 0.296 e. The number of thiazole rings is 1. The van der Waals surface area contributed by atoms with Gasteiger partial charge in [-0.05, 0) is 55.0 Å². The summed E-state index contributed by atoms with van der Waals surface area (Å²) in [7, 11) is 3.04. The Kier molecular flexibility index (Phi) is 6.50. The number of nitrogens with zero attached hydrogens (tertiary/aromatic N) is 2. The molecule has 2 aromatic heterocycles. The fourth-order valence-corrected chi connectivity index (χ4v) is 5.91. The number of amides is 1. The lowest BCUT2D eigenvalue weighted by Crippen LogP contribution is -2.31. The molecule has 1 atom stereocenters. The zero-order chi connectivity index (χ0) is 28.8. The molecule has 0 saturated carbocycles. The molecule has 5 aromatic rings. The number of hydrogen-bond donors (Lipinski definition) is 2. The van der Waals surface area contributed by atoms with Gasteiger partial charge in [-0.3, -0.25) is 14.5 Å². The molecule has 1 aliphatic heterocycles. The van der Waals surface area contributed by atoms with Crippen molar-refractivity contribution in [3.8, 4) is 23.0 Å². The maximum Gasteiger partial charge on any atom is 0.296 e. The number of carbonyl (C=O) groups is 2. The number of ketones is 1. The molecule has 0 aliphatic carbocycles. The molecular weight excluding hydrogens is 548 g/mol. The molecule has 1 aliphatic rings. The Bertz CT molecular complexity index is 1870. The van der Waals surface area contributed by atoms with E-state index in [1.165, 1.54) is 41.5 Å². The third-order valence-electron chi connectivity index (χ3n) is 6.79. The third-order valence-corrected chi connectivity index (χ3v) is 7.81. The SMILES string of the molecule is CCOc1cc(C2C(C(=O)c3cc4cccc(OC)c4o3)=C(O)C(=O)N2c2nc3ccc(OC)cc3s2)ccc1O. The second kappa shape index (κ2) is 10.2. The van der Waals surface area contributed by atoms with Crippen molar-refractivity contribution in [1.29, 1.82) is 0 Å². The van der Waals surface area contributed by atoms with Gasteiger partial charge in [-0.1, -0.05) is 29.5 Å². The van der Waals surface area contributed by atoms with Crippen LogP contribution < -0.4 is 19.1 Å². The van der Waals surface area contributed by atoms with Crippen molar-refractivity contribution in [1.82, 2.24) is 4.98 Å². The number of hydrogen-bond acceptors (Lipinski definition) is 10. The van der Waals surface area contributed by atoms with Crippen LogP contribution in [0.2, 0.25) is 0 Å². The Hall–Kier alpha value is -5.03. The first kappa shape index (κ1) is 26.2. The van der Waals surface area contributed by atoms with E-state index in [1.54, 1.807) is 56.5 Å². The van der Waals surface area contributed by atoms with Crippen molar-refractivity contribution in [2.24, 2.45) is 0 Å². The van der Waals surface area contributed by atoms with Crippen LogP contribution in [0.5, 0.6) is 23.0 Å². The van der Waals surface area contributed by atoms with Crippen molar-refractivity contribution >= 4 is 49.3 Å². The highest BCUT2D eigenvalue weighted by atomic mass is 32.1. The molecule has 0 fully saturated rings. The average molecular weight is 573 g/mol. The highest BCUT2D eigenvalue weighted by Gasteiger charge is 2.47. The molecule has 0 bridgehead atoms. The molecule has 3 heterocycles. The van der Waals surface area contributed by atoms with Crippen LogP contribution in [0.15, 0.2) is 76.4 Å². The Labute approximate surface area is 237 Å². The maximum absolute atomic E-state index is 14.0. The lowest BCUT2D eigenvalue weighted by Gasteiger charge is -2.24. The number of Topliss-reactive ketones (excluding diaryl/α,β-unsaturated/α-hetero) is 1. The number of phenolic OH excluding ortho intramolecular Hbond substituents is 1. The molecule has 1 unspecified atom stereocenters. The molecule has 0 saturated heterocycles. The van der Waals surface area contributed by atoms with Crippen LogP contribution in [0.25, 0.3) is 21.2 Å². The van der Waals surface area contributed by atoms with Gasteiger partial charge in [0.2, 0.25) is 5.78 Å². The number of ether oxygens (including phenoxy) is 3. The van der Waals surface area contributed by atoms with Gasteiger partial charge in [-0.2, -0.15) is 0 Å². The summed E-state index contributed by atoms with van der Waals surface area (Å²) in [4.78, 5) is 33.6. The molecule has 2 N–H and O–H groups in total. The number of para-hydroxylation sites is 1. The van der Waals surface area contributed by atoms with E-state index in [4.69, 9.17) is 18.6 Å². The van der Waals surface area contributed by atoms with Gasteiger partial charge < -0.3 is 28.8 Å². The number of rotatable bonds is 8. The van der Waals surface area contributed by atoms with Crippen LogP contribution >= 0.6 is 11.3 Å². The van der Waals surface area contributed by atoms with Gasteiger partial charge in [0, 0.05) is 5.39 Å². The van der Waals surface area contributed by atoms with Crippen LogP contribution in [0.4, 0.5) is 5.13 Å². The van der Waals surface area contributed by atoms with Gasteiger partial charge >= 0.3 is 0 Å². The lowest BCUT2D eigenvalue weighted by atomic mass is 9.95. The number of aliphatic hydroxyl groups excluding tert-OH is 1. The van der Waals surface area contributed by atoms with E-state index in [1.807, 2.05) is 0 Å². The summed E-state index contributed by atoms with van der Waals surface area (Å²) in [5.74, 6) is -1.18. The second-order valence-corrected chi connectivity index (χ2v) is 10.2. The zero-order valence-electron chi connectivity index (χ0n) is 22.2. The number of aliphatic hydroxyl groups is 1. The van der Waals surface area contributed by atoms with Crippen LogP contribution in [-0.2, 0) is 4.79 Å². The van der Waals surface area contributed by atoms with Crippen LogP contribution in [0.3, 0.4) is 0 Å². The maximum atomic E-state index is 14.0. The van der Waals surface area contributed by atoms with Crippen LogP contribution in [0, 0.1) is 0 Å². The first-order valence-electron chi connectivity index (χ1n) is 12.6. The molecule has 1 amide bonds. The van der Waals surface area contributed by atoms with Gasteiger partial charge in [0.1, 0.15) is 5.75 Å². The van der Waals surface area contributed by atoms with Crippen molar-refractivity contribution in [3.63, 3.8) is 0 Å². The van der Waals surface area contributed by atoms with Crippen molar-refractivity contribution < 1.29 is 38.4 Å². The van der Waals surface area contributed by atoms with Crippen molar-refractivity contribution in [2.75, 3.05) is 25.7 Å². The summed E-state index contributed by atoms with van der Waals surface area (Å²) >= 11 is 1.21. The number of aromatic nitrogens is 1. The summed E-state index contributed by atoms with van der Waals surface area (Å²) in [6.07, 6.45) is 0.